The smallest absolute Gasteiger partial charge is 0.207 e. The molecular formula is C14H17Cl2N3O. The third kappa shape index (κ3) is 4.13. The predicted octanol–water partition coefficient (Wildman–Crippen LogP) is 4.28. The summed E-state index contributed by atoms with van der Waals surface area (Å²) >= 11 is 12.0. The molecule has 0 amide bonds. The molecule has 108 valence electrons. The Kier molecular flexibility index (Phi) is 5.29. The van der Waals surface area contributed by atoms with Gasteiger partial charge >= 0.3 is 0 Å². The third-order valence-electron chi connectivity index (χ3n) is 2.76. The van der Waals surface area contributed by atoms with E-state index in [2.05, 4.69) is 14.9 Å². The molecule has 0 atom stereocenters. The van der Waals surface area contributed by atoms with Gasteiger partial charge in [0.15, 0.2) is 0 Å². The van der Waals surface area contributed by atoms with Gasteiger partial charge in [-0.25, -0.2) is 4.98 Å². The lowest BCUT2D eigenvalue weighted by Gasteiger charge is -2.10. The van der Waals surface area contributed by atoms with Gasteiger partial charge in [-0.1, -0.05) is 23.2 Å². The first kappa shape index (κ1) is 15.2. The Morgan fingerprint density at radius 2 is 1.95 bits per heavy atom. The zero-order valence-corrected chi connectivity index (χ0v) is 13.0. The van der Waals surface area contributed by atoms with Crippen molar-refractivity contribution in [3.63, 3.8) is 0 Å². The first-order valence-electron chi connectivity index (χ1n) is 6.34. The van der Waals surface area contributed by atoms with Crippen molar-refractivity contribution in [2.75, 3.05) is 19.0 Å². The van der Waals surface area contributed by atoms with Crippen molar-refractivity contribution < 1.29 is 4.74 Å². The zero-order valence-electron chi connectivity index (χ0n) is 11.5. The van der Waals surface area contributed by atoms with Crippen LogP contribution in [-0.2, 0) is 11.3 Å². The van der Waals surface area contributed by atoms with Crippen LogP contribution in [0.3, 0.4) is 0 Å². The number of aromatic nitrogens is 2. The van der Waals surface area contributed by atoms with E-state index >= 15 is 0 Å². The predicted molar refractivity (Wildman–Crippen MR) is 83.2 cm³/mol. The van der Waals surface area contributed by atoms with Crippen LogP contribution in [-0.4, -0.2) is 23.3 Å². The van der Waals surface area contributed by atoms with Crippen LogP contribution in [0.25, 0.3) is 0 Å². The summed E-state index contributed by atoms with van der Waals surface area (Å²) in [5.74, 6) is 0.775. The van der Waals surface area contributed by atoms with Crippen LogP contribution in [0.5, 0.6) is 0 Å². The Labute approximate surface area is 128 Å². The Morgan fingerprint density at radius 1 is 1.25 bits per heavy atom. The molecule has 0 saturated heterocycles. The Morgan fingerprint density at radius 3 is 2.60 bits per heavy atom. The maximum absolute atomic E-state index is 6.00. The lowest BCUT2D eigenvalue weighted by Crippen LogP contribution is -2.05. The van der Waals surface area contributed by atoms with Crippen molar-refractivity contribution in [3.8, 4) is 0 Å². The molecule has 1 heterocycles. The molecule has 4 nitrogen and oxygen atoms in total. The van der Waals surface area contributed by atoms with Gasteiger partial charge in [-0.3, -0.25) is 0 Å². The highest BCUT2D eigenvalue weighted by Gasteiger charge is 2.07. The van der Waals surface area contributed by atoms with Crippen LogP contribution in [0.1, 0.15) is 12.1 Å². The molecule has 0 radical (unpaired) electrons. The summed E-state index contributed by atoms with van der Waals surface area (Å²) in [6.45, 7) is 3.52. The van der Waals surface area contributed by atoms with Gasteiger partial charge in [0.05, 0.1) is 5.69 Å². The number of methoxy groups -OCH3 is 1. The van der Waals surface area contributed by atoms with Crippen molar-refractivity contribution in [1.29, 1.82) is 0 Å². The van der Waals surface area contributed by atoms with Crippen LogP contribution in [0, 0.1) is 6.92 Å². The van der Waals surface area contributed by atoms with Gasteiger partial charge in [-0.05, 0) is 31.5 Å². The minimum atomic E-state index is 0.592. The molecule has 0 bridgehead atoms. The van der Waals surface area contributed by atoms with Gasteiger partial charge in [0.2, 0.25) is 5.95 Å². The van der Waals surface area contributed by atoms with E-state index < -0.39 is 0 Å². The second-order valence-electron chi connectivity index (χ2n) is 4.53. The van der Waals surface area contributed by atoms with Crippen molar-refractivity contribution in [2.24, 2.45) is 0 Å². The molecule has 0 aliphatic rings. The first-order valence-corrected chi connectivity index (χ1v) is 7.10. The molecule has 0 saturated carbocycles. The zero-order chi connectivity index (χ0) is 14.5. The van der Waals surface area contributed by atoms with Crippen LogP contribution in [0.2, 0.25) is 10.0 Å². The molecule has 0 unspecified atom stereocenters. The minimum absolute atomic E-state index is 0.592. The summed E-state index contributed by atoms with van der Waals surface area (Å²) in [4.78, 5) is 4.47. The van der Waals surface area contributed by atoms with E-state index in [0.717, 1.165) is 36.9 Å². The summed E-state index contributed by atoms with van der Waals surface area (Å²) in [5, 5.41) is 4.43. The summed E-state index contributed by atoms with van der Waals surface area (Å²) < 4.78 is 7.13. The van der Waals surface area contributed by atoms with Crippen molar-refractivity contribution >= 4 is 34.8 Å². The molecule has 1 aromatic heterocycles. The molecule has 2 rings (SSSR count). The number of hydrogen-bond acceptors (Lipinski definition) is 3. The SMILES string of the molecule is COCCCn1cc(C)nc1Nc1cc(Cl)cc(Cl)c1. The van der Waals surface area contributed by atoms with Crippen LogP contribution >= 0.6 is 23.2 Å². The molecule has 6 heteroatoms. The maximum atomic E-state index is 6.00. The average Bonchev–Trinajstić information content (AvgIpc) is 2.68. The van der Waals surface area contributed by atoms with Crippen molar-refractivity contribution in [1.82, 2.24) is 9.55 Å². The standard InChI is InChI=1S/C14H17Cl2N3O/c1-10-9-19(4-3-5-20-2)14(17-10)18-13-7-11(15)6-12(16)8-13/h6-9H,3-5H2,1-2H3,(H,17,18). The van der Waals surface area contributed by atoms with E-state index in [1.54, 1.807) is 13.2 Å². The number of anilines is 2. The highest BCUT2D eigenvalue weighted by molar-refractivity contribution is 6.35. The van der Waals surface area contributed by atoms with Gasteiger partial charge < -0.3 is 14.6 Å². The first-order chi connectivity index (χ1) is 9.58. The van der Waals surface area contributed by atoms with Crippen molar-refractivity contribution in [3.05, 3.63) is 40.1 Å². The summed E-state index contributed by atoms with van der Waals surface area (Å²) in [7, 11) is 1.70. The number of imidazole rings is 1. The maximum Gasteiger partial charge on any atom is 0.207 e. The Bertz CT molecular complexity index is 564. The van der Waals surface area contributed by atoms with E-state index in [4.69, 9.17) is 27.9 Å². The topological polar surface area (TPSA) is 39.1 Å². The van der Waals surface area contributed by atoms with Gasteiger partial charge in [-0.15, -0.1) is 0 Å². The fraction of sp³-hybridized carbons (Fsp3) is 0.357. The number of halogens is 2. The normalized spacial score (nSPS) is 10.8. The number of aryl methyl sites for hydroxylation is 2. The number of rotatable bonds is 6. The molecule has 2 aromatic rings. The molecule has 0 aliphatic heterocycles. The molecule has 0 spiro atoms. The minimum Gasteiger partial charge on any atom is -0.385 e. The highest BCUT2D eigenvalue weighted by Crippen LogP contribution is 2.25. The van der Waals surface area contributed by atoms with Gasteiger partial charge in [0, 0.05) is 42.2 Å². The Hall–Kier alpha value is -1.23. The third-order valence-corrected chi connectivity index (χ3v) is 3.20. The number of ether oxygens (including phenoxy) is 1. The average molecular weight is 314 g/mol. The second kappa shape index (κ2) is 6.97. The van der Waals surface area contributed by atoms with E-state index in [-0.39, 0.29) is 0 Å². The van der Waals surface area contributed by atoms with E-state index in [9.17, 15) is 0 Å². The van der Waals surface area contributed by atoms with Crippen LogP contribution in [0.15, 0.2) is 24.4 Å². The van der Waals surface area contributed by atoms with E-state index in [1.165, 1.54) is 0 Å². The second-order valence-corrected chi connectivity index (χ2v) is 5.40. The van der Waals surface area contributed by atoms with Gasteiger partial charge in [-0.2, -0.15) is 0 Å². The molecule has 0 fully saturated rings. The van der Waals surface area contributed by atoms with E-state index in [1.807, 2.05) is 25.3 Å². The molecule has 20 heavy (non-hydrogen) atoms. The molecule has 1 N–H and O–H groups in total. The Balaban J connectivity index is 2.15. The molecule has 1 aromatic carbocycles. The monoisotopic (exact) mass is 313 g/mol. The number of hydrogen-bond donors (Lipinski definition) is 1. The van der Waals surface area contributed by atoms with E-state index in [0.29, 0.717) is 10.0 Å². The van der Waals surface area contributed by atoms with Gasteiger partial charge in [0.25, 0.3) is 0 Å². The van der Waals surface area contributed by atoms with Crippen molar-refractivity contribution in [2.45, 2.75) is 19.9 Å². The number of nitrogens with one attached hydrogen (secondary N) is 1. The lowest BCUT2D eigenvalue weighted by molar-refractivity contribution is 0.190. The molecular weight excluding hydrogens is 297 g/mol. The quantitative estimate of drug-likeness (QED) is 0.809. The fourth-order valence-electron chi connectivity index (χ4n) is 1.95. The van der Waals surface area contributed by atoms with Crippen LogP contribution in [0.4, 0.5) is 11.6 Å². The number of nitrogens with zero attached hydrogens (tertiary/aromatic N) is 2. The van der Waals surface area contributed by atoms with Gasteiger partial charge in [0.1, 0.15) is 0 Å². The molecule has 0 aliphatic carbocycles. The lowest BCUT2D eigenvalue weighted by atomic mass is 10.3. The summed E-state index contributed by atoms with van der Waals surface area (Å²) in [6.07, 6.45) is 2.93. The summed E-state index contributed by atoms with van der Waals surface area (Å²) in [6, 6.07) is 5.33. The number of benzene rings is 1. The van der Waals surface area contributed by atoms with Crippen LogP contribution < -0.4 is 5.32 Å². The highest BCUT2D eigenvalue weighted by atomic mass is 35.5. The fourth-order valence-corrected chi connectivity index (χ4v) is 2.48. The summed E-state index contributed by atoms with van der Waals surface area (Å²) in [5.41, 5.74) is 1.78. The largest absolute Gasteiger partial charge is 0.385 e.